The molecule has 2 atom stereocenters. The van der Waals surface area contributed by atoms with E-state index >= 15 is 0 Å². The van der Waals surface area contributed by atoms with E-state index in [1.807, 2.05) is 34.6 Å². The van der Waals surface area contributed by atoms with Gasteiger partial charge >= 0.3 is 24.1 Å². The highest BCUT2D eigenvalue weighted by atomic mass is 16.7. The first kappa shape index (κ1) is 30.9. The Balaban J connectivity index is 2.82. The molecule has 0 radical (unpaired) electrons. The van der Waals surface area contributed by atoms with Gasteiger partial charge in [0.25, 0.3) is 0 Å². The van der Waals surface area contributed by atoms with Gasteiger partial charge in [-0.05, 0) is 49.3 Å². The Morgan fingerprint density at radius 1 is 0.861 bits per heavy atom. The third kappa shape index (κ3) is 12.5. The number of hydrogen-bond acceptors (Lipinski definition) is 10. The Labute approximate surface area is 212 Å². The quantitative estimate of drug-likeness (QED) is 0.289. The van der Waals surface area contributed by atoms with Gasteiger partial charge in [-0.3, -0.25) is 14.4 Å². The molecule has 0 aliphatic rings. The minimum absolute atomic E-state index is 0.0710. The maximum absolute atomic E-state index is 12.3. The number of ether oxygens (including phenoxy) is 5. The van der Waals surface area contributed by atoms with Crippen molar-refractivity contribution in [3.05, 3.63) is 23.8 Å². The number of carbonyl (C=O) groups is 4. The van der Waals surface area contributed by atoms with Crippen LogP contribution in [-0.2, 0) is 35.0 Å². The van der Waals surface area contributed by atoms with E-state index in [4.69, 9.17) is 29.4 Å². The van der Waals surface area contributed by atoms with Crippen LogP contribution in [-0.4, -0.2) is 49.4 Å². The number of benzene rings is 1. The van der Waals surface area contributed by atoms with E-state index < -0.39 is 36.2 Å². The predicted octanol–water partition coefficient (Wildman–Crippen LogP) is 3.95. The zero-order valence-electron chi connectivity index (χ0n) is 22.0. The summed E-state index contributed by atoms with van der Waals surface area (Å²) < 4.78 is 25.8. The average Bonchev–Trinajstić information content (AvgIpc) is 2.76. The zero-order chi connectivity index (χ0) is 27.3. The van der Waals surface area contributed by atoms with Crippen molar-refractivity contribution in [3.8, 4) is 11.5 Å². The van der Waals surface area contributed by atoms with Crippen LogP contribution in [0.3, 0.4) is 0 Å². The molecule has 0 aliphatic heterocycles. The maximum Gasteiger partial charge on any atom is 0.508 e. The van der Waals surface area contributed by atoms with Gasteiger partial charge in [-0.2, -0.15) is 0 Å². The summed E-state index contributed by atoms with van der Waals surface area (Å²) in [6, 6.07) is 3.61. The lowest BCUT2D eigenvalue weighted by Crippen LogP contribution is -2.36. The summed E-state index contributed by atoms with van der Waals surface area (Å²) in [5.74, 6) is -1.26. The van der Waals surface area contributed by atoms with Crippen LogP contribution < -0.4 is 15.2 Å². The van der Waals surface area contributed by atoms with Crippen molar-refractivity contribution in [2.45, 2.75) is 79.4 Å². The van der Waals surface area contributed by atoms with Crippen LogP contribution in [0, 0.1) is 11.8 Å². The second-order valence-electron chi connectivity index (χ2n) is 9.39. The largest absolute Gasteiger partial charge is 0.508 e. The normalized spacial score (nSPS) is 12.6. The molecule has 0 bridgehead atoms. The van der Waals surface area contributed by atoms with Crippen molar-refractivity contribution >= 4 is 24.1 Å². The van der Waals surface area contributed by atoms with Gasteiger partial charge in [0.1, 0.15) is 18.8 Å². The van der Waals surface area contributed by atoms with Crippen LogP contribution in [0.1, 0.15) is 66.4 Å². The van der Waals surface area contributed by atoms with E-state index in [0.717, 1.165) is 0 Å². The van der Waals surface area contributed by atoms with Crippen molar-refractivity contribution < 1.29 is 42.9 Å². The van der Waals surface area contributed by atoms with E-state index in [1.54, 1.807) is 13.0 Å². The minimum atomic E-state index is -1.03. The molecule has 0 heterocycles. The molecule has 0 amide bonds. The fourth-order valence-electron chi connectivity index (χ4n) is 2.90. The average molecular weight is 510 g/mol. The summed E-state index contributed by atoms with van der Waals surface area (Å²) in [5, 5.41) is 0. The molecule has 1 aromatic rings. The molecule has 0 aliphatic carbocycles. The smallest absolute Gasteiger partial charge is 0.461 e. The molecular formula is C26H39NO9. The fourth-order valence-corrected chi connectivity index (χ4v) is 2.90. The number of esters is 3. The van der Waals surface area contributed by atoms with Crippen molar-refractivity contribution in [3.63, 3.8) is 0 Å². The molecule has 10 heteroatoms. The summed E-state index contributed by atoms with van der Waals surface area (Å²) >= 11 is 0. The second-order valence-corrected chi connectivity index (χ2v) is 9.39. The SMILES string of the molecule is CCCOC(=O)O[C@@H](C)COC(=O)[C@@H](N)Cc1ccc(OC(=O)CC(C)C)c(OC(=O)CC(C)C)c1. The molecule has 202 valence electrons. The summed E-state index contributed by atoms with van der Waals surface area (Å²) in [6.07, 6.45) is -0.428. The van der Waals surface area contributed by atoms with Crippen LogP contribution in [0.25, 0.3) is 0 Å². The van der Waals surface area contributed by atoms with E-state index in [9.17, 15) is 19.2 Å². The maximum atomic E-state index is 12.3. The lowest BCUT2D eigenvalue weighted by Gasteiger charge is -2.17. The van der Waals surface area contributed by atoms with Gasteiger partial charge in [0.15, 0.2) is 11.5 Å². The Hall–Kier alpha value is -3.14. The second kappa shape index (κ2) is 15.8. The number of nitrogens with two attached hydrogens (primary N) is 1. The summed E-state index contributed by atoms with van der Waals surface area (Å²) in [6.45, 7) is 11.0. The van der Waals surface area contributed by atoms with Gasteiger partial charge in [-0.1, -0.05) is 40.7 Å². The monoisotopic (exact) mass is 509 g/mol. The predicted molar refractivity (Wildman–Crippen MR) is 131 cm³/mol. The van der Waals surface area contributed by atoms with Crippen LogP contribution in [0.2, 0.25) is 0 Å². The molecule has 0 unspecified atom stereocenters. The van der Waals surface area contributed by atoms with Crippen LogP contribution >= 0.6 is 0 Å². The standard InChI is InChI=1S/C26H39NO9/c1-7-10-32-26(31)34-18(6)15-33-25(30)20(27)13-19-8-9-21(35-23(28)11-16(2)3)22(14-19)36-24(29)12-17(4)5/h8-9,14,16-18,20H,7,10-13,15,27H2,1-6H3/t18-,20-/m0/s1. The highest BCUT2D eigenvalue weighted by molar-refractivity contribution is 5.77. The van der Waals surface area contributed by atoms with Gasteiger partial charge in [0.05, 0.1) is 6.61 Å². The van der Waals surface area contributed by atoms with E-state index in [-0.39, 0.29) is 55.8 Å². The van der Waals surface area contributed by atoms with Gasteiger partial charge in [0, 0.05) is 12.8 Å². The molecule has 1 rings (SSSR count). The molecule has 0 aromatic heterocycles. The van der Waals surface area contributed by atoms with Crippen molar-refractivity contribution in [2.75, 3.05) is 13.2 Å². The Kier molecular flexibility index (Phi) is 13.5. The van der Waals surface area contributed by atoms with Gasteiger partial charge in [0.2, 0.25) is 0 Å². The van der Waals surface area contributed by atoms with Gasteiger partial charge < -0.3 is 29.4 Å². The highest BCUT2D eigenvalue weighted by Crippen LogP contribution is 2.30. The number of hydrogen-bond donors (Lipinski definition) is 1. The molecule has 2 N–H and O–H groups in total. The molecule has 0 saturated carbocycles. The lowest BCUT2D eigenvalue weighted by atomic mass is 10.1. The molecular weight excluding hydrogens is 470 g/mol. The third-order valence-corrected chi connectivity index (χ3v) is 4.55. The molecule has 0 fully saturated rings. The van der Waals surface area contributed by atoms with E-state index in [1.165, 1.54) is 12.1 Å². The Morgan fingerprint density at radius 3 is 2.00 bits per heavy atom. The van der Waals surface area contributed by atoms with Gasteiger partial charge in [-0.15, -0.1) is 0 Å². The fraction of sp³-hybridized carbons (Fsp3) is 0.615. The minimum Gasteiger partial charge on any atom is -0.461 e. The van der Waals surface area contributed by atoms with Crippen LogP contribution in [0.15, 0.2) is 18.2 Å². The van der Waals surface area contributed by atoms with Gasteiger partial charge in [-0.25, -0.2) is 4.79 Å². The summed E-state index contributed by atoms with van der Waals surface area (Å²) in [7, 11) is 0. The molecule has 0 spiro atoms. The van der Waals surface area contributed by atoms with Crippen molar-refractivity contribution in [1.82, 2.24) is 0 Å². The Bertz CT molecular complexity index is 882. The van der Waals surface area contributed by atoms with Crippen molar-refractivity contribution in [1.29, 1.82) is 0 Å². The zero-order valence-corrected chi connectivity index (χ0v) is 22.0. The lowest BCUT2D eigenvalue weighted by molar-refractivity contribution is -0.148. The highest BCUT2D eigenvalue weighted by Gasteiger charge is 2.21. The van der Waals surface area contributed by atoms with E-state index in [0.29, 0.717) is 12.0 Å². The van der Waals surface area contributed by atoms with Crippen LogP contribution in [0.4, 0.5) is 4.79 Å². The number of carbonyl (C=O) groups excluding carboxylic acids is 4. The first-order valence-corrected chi connectivity index (χ1v) is 12.2. The van der Waals surface area contributed by atoms with E-state index in [2.05, 4.69) is 0 Å². The molecule has 36 heavy (non-hydrogen) atoms. The molecule has 10 nitrogen and oxygen atoms in total. The van der Waals surface area contributed by atoms with Crippen LogP contribution in [0.5, 0.6) is 11.5 Å². The first-order valence-electron chi connectivity index (χ1n) is 12.2. The molecule has 1 aromatic carbocycles. The first-order chi connectivity index (χ1) is 16.9. The topological polar surface area (TPSA) is 140 Å². The van der Waals surface area contributed by atoms with Crippen molar-refractivity contribution in [2.24, 2.45) is 17.6 Å². The summed E-state index contributed by atoms with van der Waals surface area (Å²) in [4.78, 5) is 48.2. The third-order valence-electron chi connectivity index (χ3n) is 4.55. The summed E-state index contributed by atoms with van der Waals surface area (Å²) in [5.41, 5.74) is 6.57. The molecule has 0 saturated heterocycles. The Morgan fingerprint density at radius 2 is 1.44 bits per heavy atom. The number of rotatable bonds is 14.